The van der Waals surface area contributed by atoms with Crippen LogP contribution < -0.4 is 10.6 Å². The number of rotatable bonds is 25. The van der Waals surface area contributed by atoms with Crippen molar-refractivity contribution in [1.29, 1.82) is 0 Å². The Labute approximate surface area is 361 Å². The van der Waals surface area contributed by atoms with E-state index in [0.717, 1.165) is 48.9 Å². The molecule has 4 rings (SSSR count). The van der Waals surface area contributed by atoms with Gasteiger partial charge < -0.3 is 54.4 Å². The van der Waals surface area contributed by atoms with E-state index < -0.39 is 30.7 Å². The number of aliphatic hydroxyl groups excluding tert-OH is 3. The van der Waals surface area contributed by atoms with Crippen molar-refractivity contribution in [2.24, 2.45) is 35.0 Å². The van der Waals surface area contributed by atoms with Gasteiger partial charge in [0.1, 0.15) is 24.4 Å². The molecule has 3 aliphatic carbocycles. The summed E-state index contributed by atoms with van der Waals surface area (Å²) in [5.74, 6) is 4.01. The van der Waals surface area contributed by atoms with Crippen LogP contribution in [-0.4, -0.2) is 123 Å². The van der Waals surface area contributed by atoms with Crippen molar-refractivity contribution in [3.05, 3.63) is 11.6 Å². The van der Waals surface area contributed by atoms with E-state index in [0.29, 0.717) is 78.4 Å². The Kier molecular flexibility index (Phi) is 23.2. The zero-order valence-corrected chi connectivity index (χ0v) is 37.9. The summed E-state index contributed by atoms with van der Waals surface area (Å²) < 4.78 is 33.6. The molecule has 1 aliphatic heterocycles. The quantitative estimate of drug-likeness (QED) is 0.0481. The fourth-order valence-corrected chi connectivity index (χ4v) is 10.1. The molecule has 0 spiro atoms. The molecule has 2 saturated carbocycles. The third-order valence-corrected chi connectivity index (χ3v) is 13.9. The zero-order valence-electron chi connectivity index (χ0n) is 37.9. The number of amides is 2. The lowest BCUT2D eigenvalue weighted by Gasteiger charge is -2.51. The molecule has 11 unspecified atom stereocenters. The summed E-state index contributed by atoms with van der Waals surface area (Å²) in [6.07, 6.45) is 15.4. The number of hydrogen-bond acceptors (Lipinski definition) is 11. The van der Waals surface area contributed by atoms with Crippen LogP contribution in [0, 0.1) is 35.0 Å². The van der Waals surface area contributed by atoms with Crippen molar-refractivity contribution in [3.63, 3.8) is 0 Å². The first-order valence-corrected chi connectivity index (χ1v) is 23.8. The van der Waals surface area contributed by atoms with Gasteiger partial charge in [-0.1, -0.05) is 84.3 Å². The smallest absolute Gasteiger partial charge is 0.407 e. The highest BCUT2D eigenvalue weighted by Gasteiger charge is 2.47. The van der Waals surface area contributed by atoms with Crippen LogP contribution in [0.15, 0.2) is 11.6 Å². The second kappa shape index (κ2) is 27.4. The van der Waals surface area contributed by atoms with Crippen molar-refractivity contribution in [1.82, 2.24) is 10.6 Å². The van der Waals surface area contributed by atoms with Crippen LogP contribution in [0.2, 0.25) is 0 Å². The van der Waals surface area contributed by atoms with Crippen LogP contribution in [0.5, 0.6) is 0 Å². The summed E-state index contributed by atoms with van der Waals surface area (Å²) in [5, 5.41) is 35.3. The topological polar surface area (TPSA) is 174 Å². The van der Waals surface area contributed by atoms with E-state index in [1.807, 2.05) is 0 Å². The van der Waals surface area contributed by atoms with Gasteiger partial charge in [0.2, 0.25) is 5.91 Å². The molecule has 0 radical (unpaired) electrons. The lowest BCUT2D eigenvalue weighted by atomic mass is 9.55. The molecule has 60 heavy (non-hydrogen) atoms. The lowest BCUT2D eigenvalue weighted by molar-refractivity contribution is -0.293. The molecular weight excluding hydrogens is 769 g/mol. The summed E-state index contributed by atoms with van der Waals surface area (Å²) in [6, 6.07) is 0. The largest absolute Gasteiger partial charge is 0.446 e. The van der Waals surface area contributed by atoms with Crippen molar-refractivity contribution < 1.29 is 53.3 Å². The average molecular weight is 853 g/mol. The first-order valence-electron chi connectivity index (χ1n) is 23.8. The Morgan fingerprint density at radius 2 is 1.52 bits per heavy atom. The molecular formula is C47H84N2O11. The third-order valence-electron chi connectivity index (χ3n) is 13.9. The van der Waals surface area contributed by atoms with Crippen molar-refractivity contribution >= 4 is 12.0 Å². The minimum Gasteiger partial charge on any atom is -0.446 e. The molecule has 5 N–H and O–H groups in total. The maximum Gasteiger partial charge on any atom is 0.407 e. The number of allylic oxidation sites excluding steroid dienone is 1. The number of carbonyl (C=O) groups excluding carboxylic acids is 2. The molecule has 3 fully saturated rings. The Morgan fingerprint density at radius 3 is 2.27 bits per heavy atom. The number of unbranched alkanes of at least 4 members (excludes halogenated alkanes) is 1. The lowest BCUT2D eigenvalue weighted by Crippen LogP contribution is -2.57. The number of ether oxygens (including phenoxy) is 6. The van der Waals surface area contributed by atoms with Crippen LogP contribution >= 0.6 is 0 Å². The Bertz CT molecular complexity index is 1250. The Hall–Kier alpha value is -1.84. The molecule has 4 aliphatic rings. The molecule has 1 saturated heterocycles. The number of carbonyl (C=O) groups is 2. The van der Waals surface area contributed by atoms with E-state index in [9.17, 15) is 24.9 Å². The highest BCUT2D eigenvalue weighted by atomic mass is 16.7. The summed E-state index contributed by atoms with van der Waals surface area (Å²) in [5.41, 5.74) is 1.79. The first-order chi connectivity index (χ1) is 28.9. The molecule has 0 aromatic heterocycles. The summed E-state index contributed by atoms with van der Waals surface area (Å²) in [7, 11) is 0. The van der Waals surface area contributed by atoms with Gasteiger partial charge in [0, 0.05) is 39.1 Å². The molecule has 2 amide bonds. The standard InChI is InChI=1S/C47H84N2O11/c1-33(2)12-8-13-34(3)36-14-9-16-37-19-20-38-32-39(21-22-47(38,5)40(37)17-10-15-36)60-46(54)49-23-11-25-55-28-30-57-31-29-56-27-24-48-41(50)18-6-7-26-58-45-44(53)43(52)42(51)35(4)59-45/h20,33-37,39-40,42-45,51-53H,6-19,21-32H2,1-5H3,(H,48,50)(H,49,54). The van der Waals surface area contributed by atoms with Crippen LogP contribution in [0.1, 0.15) is 144 Å². The van der Waals surface area contributed by atoms with E-state index in [1.54, 1.807) is 12.5 Å². The number of hydrogen-bond donors (Lipinski definition) is 5. The van der Waals surface area contributed by atoms with Gasteiger partial charge in [0.15, 0.2) is 6.29 Å². The van der Waals surface area contributed by atoms with Crippen molar-refractivity contribution in [3.8, 4) is 0 Å². The van der Waals surface area contributed by atoms with E-state index in [2.05, 4.69) is 44.4 Å². The highest BCUT2D eigenvalue weighted by molar-refractivity contribution is 5.75. The molecule has 0 aromatic carbocycles. The van der Waals surface area contributed by atoms with Gasteiger partial charge in [-0.3, -0.25) is 4.79 Å². The van der Waals surface area contributed by atoms with Gasteiger partial charge in [-0.05, 0) is 93.3 Å². The number of nitrogens with one attached hydrogen (secondary N) is 2. The first kappa shape index (κ1) is 50.8. The van der Waals surface area contributed by atoms with Crippen LogP contribution in [-0.2, 0) is 33.2 Å². The van der Waals surface area contributed by atoms with Gasteiger partial charge in [-0.2, -0.15) is 0 Å². The fraction of sp³-hybridized carbons (Fsp3) is 0.915. The predicted molar refractivity (Wildman–Crippen MR) is 231 cm³/mol. The van der Waals surface area contributed by atoms with E-state index >= 15 is 0 Å². The second-order valence-corrected chi connectivity index (χ2v) is 18.9. The minimum atomic E-state index is -1.33. The molecule has 13 heteroatoms. The average Bonchev–Trinajstić information content (AvgIpc) is 3.33. The third kappa shape index (κ3) is 17.0. The number of aliphatic hydroxyl groups is 3. The highest BCUT2D eigenvalue weighted by Crippen LogP contribution is 2.56. The van der Waals surface area contributed by atoms with Crippen LogP contribution in [0.4, 0.5) is 4.79 Å². The monoisotopic (exact) mass is 853 g/mol. The van der Waals surface area contributed by atoms with E-state index in [1.165, 1.54) is 64.2 Å². The van der Waals surface area contributed by atoms with E-state index in [-0.39, 0.29) is 30.1 Å². The summed E-state index contributed by atoms with van der Waals surface area (Å²) >= 11 is 0. The molecule has 0 bridgehead atoms. The second-order valence-electron chi connectivity index (χ2n) is 18.9. The maximum absolute atomic E-state index is 12.7. The predicted octanol–water partition coefficient (Wildman–Crippen LogP) is 6.84. The van der Waals surface area contributed by atoms with Gasteiger partial charge in [0.05, 0.1) is 39.1 Å². The SMILES string of the molecule is CC(C)CCCC(C)C1CCCC2CC=C3CC(OC(=O)NCCCOCCOCCOCCNC(=O)CCCCOC4OC(C)C(O)C(O)C4O)CCC3(C)C2CCC1. The van der Waals surface area contributed by atoms with Crippen LogP contribution in [0.3, 0.4) is 0 Å². The Balaban J connectivity index is 0.941. The molecule has 0 aromatic rings. The van der Waals surface area contributed by atoms with Gasteiger partial charge in [-0.25, -0.2) is 4.79 Å². The van der Waals surface area contributed by atoms with Gasteiger partial charge in [-0.15, -0.1) is 0 Å². The Morgan fingerprint density at radius 1 is 0.800 bits per heavy atom. The molecule has 348 valence electrons. The van der Waals surface area contributed by atoms with Crippen molar-refractivity contribution in [2.75, 3.05) is 59.3 Å². The molecule has 13 nitrogen and oxygen atoms in total. The fourth-order valence-electron chi connectivity index (χ4n) is 10.1. The van der Waals surface area contributed by atoms with Gasteiger partial charge in [0.25, 0.3) is 0 Å². The van der Waals surface area contributed by atoms with Gasteiger partial charge >= 0.3 is 6.09 Å². The minimum absolute atomic E-state index is 0.0497. The van der Waals surface area contributed by atoms with E-state index in [4.69, 9.17) is 28.4 Å². The molecule has 1 heterocycles. The maximum atomic E-state index is 12.7. The zero-order chi connectivity index (χ0) is 43.3. The number of fused-ring (bicyclic) bond motifs is 3. The summed E-state index contributed by atoms with van der Waals surface area (Å²) in [6.45, 7) is 15.1. The van der Waals surface area contributed by atoms with Crippen LogP contribution in [0.25, 0.3) is 0 Å². The number of alkyl carbamates (subject to hydrolysis) is 1. The van der Waals surface area contributed by atoms with Crippen molar-refractivity contribution in [2.45, 2.75) is 181 Å². The summed E-state index contributed by atoms with van der Waals surface area (Å²) in [4.78, 5) is 24.7. The molecule has 11 atom stereocenters. The normalized spacial score (nSPS) is 31.5.